The first kappa shape index (κ1) is 20.8. The van der Waals surface area contributed by atoms with E-state index in [1.54, 1.807) is 5.32 Å². The van der Waals surface area contributed by atoms with E-state index in [9.17, 15) is 37.7 Å². The summed E-state index contributed by atoms with van der Waals surface area (Å²) >= 11 is 0. The van der Waals surface area contributed by atoms with Gasteiger partial charge in [0.1, 0.15) is 17.0 Å². The van der Waals surface area contributed by atoms with Gasteiger partial charge in [-0.3, -0.25) is 34.5 Å². The van der Waals surface area contributed by atoms with Gasteiger partial charge in [-0.2, -0.15) is 13.2 Å². The van der Waals surface area contributed by atoms with E-state index >= 15 is 0 Å². The van der Waals surface area contributed by atoms with Crippen LogP contribution in [0.15, 0.2) is 48.8 Å². The summed E-state index contributed by atoms with van der Waals surface area (Å²) < 4.78 is 38.2. The van der Waals surface area contributed by atoms with Gasteiger partial charge < -0.3 is 5.32 Å². The lowest BCUT2D eigenvalue weighted by Gasteiger charge is -2.20. The van der Waals surface area contributed by atoms with Crippen molar-refractivity contribution < 1.29 is 32.5 Å². The van der Waals surface area contributed by atoms with Crippen molar-refractivity contribution in [2.75, 3.05) is 5.32 Å². The van der Waals surface area contributed by atoms with E-state index in [0.29, 0.717) is 0 Å². The van der Waals surface area contributed by atoms with Crippen molar-refractivity contribution in [2.24, 2.45) is 0 Å². The lowest BCUT2D eigenvalue weighted by molar-refractivity contribution is -0.385. The highest BCUT2D eigenvalue weighted by Gasteiger charge is 2.41. The molecule has 2 heterocycles. The fraction of sp³-hybridized carbons (Fsp3) is 0.0500. The third-order valence-corrected chi connectivity index (χ3v) is 4.68. The second-order valence-corrected chi connectivity index (χ2v) is 6.55. The number of alkyl halides is 3. The Bertz CT molecular complexity index is 1340. The Morgan fingerprint density at radius 2 is 1.53 bits per heavy atom. The van der Waals surface area contributed by atoms with Crippen LogP contribution in [0.3, 0.4) is 0 Å². The highest BCUT2D eigenvalue weighted by atomic mass is 19.4. The molecule has 3 aromatic rings. The predicted octanol–water partition coefficient (Wildman–Crippen LogP) is 3.33. The number of hydrogen-bond acceptors (Lipinski definition) is 7. The maximum atomic E-state index is 13.3. The van der Waals surface area contributed by atoms with Gasteiger partial charge in [-0.05, 0) is 17.7 Å². The van der Waals surface area contributed by atoms with E-state index in [0.717, 1.165) is 18.5 Å². The van der Waals surface area contributed by atoms with Crippen molar-refractivity contribution in [1.29, 1.82) is 0 Å². The molecule has 0 bridgehead atoms. The molecule has 1 amide bonds. The molecule has 4 rings (SSSR count). The van der Waals surface area contributed by atoms with E-state index < -0.39 is 45.5 Å². The van der Waals surface area contributed by atoms with Gasteiger partial charge in [-0.25, -0.2) is 0 Å². The molecule has 32 heavy (non-hydrogen) atoms. The fourth-order valence-corrected chi connectivity index (χ4v) is 3.35. The number of pyridine rings is 2. The van der Waals surface area contributed by atoms with Crippen molar-refractivity contribution >= 4 is 28.8 Å². The fourth-order valence-electron chi connectivity index (χ4n) is 3.35. The van der Waals surface area contributed by atoms with Crippen LogP contribution in [0.4, 0.5) is 24.5 Å². The third-order valence-electron chi connectivity index (χ3n) is 4.68. The lowest BCUT2D eigenvalue weighted by Crippen LogP contribution is -2.30. The SMILES string of the molecule is O=C1c2nccc(-c3ccccc3NC(=O)C(F)(F)F)c2C(=O)c2c([N+](=O)[O-])ccnc21. The minimum atomic E-state index is -5.16. The van der Waals surface area contributed by atoms with Crippen LogP contribution < -0.4 is 5.32 Å². The Kier molecular flexibility index (Phi) is 4.76. The number of benzene rings is 1. The number of aromatic nitrogens is 2. The van der Waals surface area contributed by atoms with E-state index in [2.05, 4.69) is 9.97 Å². The molecule has 0 radical (unpaired) electrons. The molecular formula is C20H9F3N4O5. The number of nitro groups is 1. The average molecular weight is 442 g/mol. The number of para-hydroxylation sites is 1. The molecule has 12 heteroatoms. The molecule has 0 saturated heterocycles. The van der Waals surface area contributed by atoms with Crippen LogP contribution in [-0.4, -0.2) is 38.5 Å². The molecule has 9 nitrogen and oxygen atoms in total. The molecule has 0 spiro atoms. The highest BCUT2D eigenvalue weighted by Crippen LogP contribution is 2.38. The predicted molar refractivity (Wildman–Crippen MR) is 102 cm³/mol. The number of carbonyl (C=O) groups excluding carboxylic acids is 3. The molecule has 1 aromatic carbocycles. The second-order valence-electron chi connectivity index (χ2n) is 6.55. The molecule has 0 unspecified atom stereocenters. The Balaban J connectivity index is 1.93. The molecule has 0 aliphatic heterocycles. The Hall–Kier alpha value is -4.48. The smallest absolute Gasteiger partial charge is 0.318 e. The Morgan fingerprint density at radius 1 is 0.906 bits per heavy atom. The van der Waals surface area contributed by atoms with Crippen molar-refractivity contribution in [3.05, 3.63) is 81.4 Å². The summed E-state index contributed by atoms with van der Waals surface area (Å²) in [6.07, 6.45) is -3.00. The number of rotatable bonds is 3. The molecule has 160 valence electrons. The van der Waals surface area contributed by atoms with E-state index in [4.69, 9.17) is 0 Å². The quantitative estimate of drug-likeness (QED) is 0.380. The van der Waals surface area contributed by atoms with Crippen molar-refractivity contribution in [1.82, 2.24) is 9.97 Å². The highest BCUT2D eigenvalue weighted by molar-refractivity contribution is 6.30. The number of hydrogen-bond donors (Lipinski definition) is 1. The van der Waals surface area contributed by atoms with E-state index in [1.165, 1.54) is 30.3 Å². The van der Waals surface area contributed by atoms with Crippen LogP contribution >= 0.6 is 0 Å². The number of anilines is 1. The molecule has 1 aliphatic rings. The van der Waals surface area contributed by atoms with E-state index in [1.807, 2.05) is 0 Å². The van der Waals surface area contributed by atoms with Gasteiger partial charge in [-0.15, -0.1) is 0 Å². The number of nitrogens with one attached hydrogen (secondary N) is 1. The zero-order valence-electron chi connectivity index (χ0n) is 15.6. The summed E-state index contributed by atoms with van der Waals surface area (Å²) in [5.74, 6) is -4.02. The third kappa shape index (κ3) is 3.27. The lowest BCUT2D eigenvalue weighted by atomic mass is 9.84. The van der Waals surface area contributed by atoms with Crippen LogP contribution in [0.1, 0.15) is 32.1 Å². The van der Waals surface area contributed by atoms with Crippen molar-refractivity contribution in [3.8, 4) is 11.1 Å². The van der Waals surface area contributed by atoms with E-state index in [-0.39, 0.29) is 28.1 Å². The number of amides is 1. The number of ketones is 2. The first-order chi connectivity index (χ1) is 15.1. The molecule has 0 atom stereocenters. The van der Waals surface area contributed by atoms with Gasteiger partial charge in [0, 0.05) is 29.7 Å². The van der Waals surface area contributed by atoms with Gasteiger partial charge in [-0.1, -0.05) is 18.2 Å². The van der Waals surface area contributed by atoms with Crippen LogP contribution in [0.5, 0.6) is 0 Å². The van der Waals surface area contributed by atoms with Crippen molar-refractivity contribution in [3.63, 3.8) is 0 Å². The summed E-state index contributed by atoms with van der Waals surface area (Å²) in [5, 5.41) is 13.1. The monoisotopic (exact) mass is 442 g/mol. The van der Waals surface area contributed by atoms with Gasteiger partial charge in [0.2, 0.25) is 11.6 Å². The Morgan fingerprint density at radius 3 is 2.19 bits per heavy atom. The minimum absolute atomic E-state index is 0.0140. The number of fused-ring (bicyclic) bond motifs is 2. The molecule has 1 aliphatic carbocycles. The van der Waals surface area contributed by atoms with Crippen LogP contribution in [0, 0.1) is 10.1 Å². The second kappa shape index (κ2) is 7.34. The molecular weight excluding hydrogens is 433 g/mol. The molecule has 2 aromatic heterocycles. The zero-order chi connectivity index (χ0) is 23.2. The first-order valence-electron chi connectivity index (χ1n) is 8.80. The minimum Gasteiger partial charge on any atom is -0.318 e. The summed E-state index contributed by atoms with van der Waals surface area (Å²) in [6.45, 7) is 0. The molecule has 1 N–H and O–H groups in total. The largest absolute Gasteiger partial charge is 0.471 e. The van der Waals surface area contributed by atoms with Gasteiger partial charge >= 0.3 is 12.1 Å². The zero-order valence-corrected chi connectivity index (χ0v) is 15.6. The topological polar surface area (TPSA) is 132 Å². The van der Waals surface area contributed by atoms with Gasteiger partial charge in [0.05, 0.1) is 10.5 Å². The van der Waals surface area contributed by atoms with Crippen LogP contribution in [0.2, 0.25) is 0 Å². The maximum Gasteiger partial charge on any atom is 0.471 e. The first-order valence-corrected chi connectivity index (χ1v) is 8.80. The summed E-state index contributed by atoms with van der Waals surface area (Å²) in [5.41, 5.74) is -2.65. The summed E-state index contributed by atoms with van der Waals surface area (Å²) in [4.78, 5) is 55.8. The van der Waals surface area contributed by atoms with Crippen LogP contribution in [-0.2, 0) is 4.79 Å². The number of halogens is 3. The summed E-state index contributed by atoms with van der Waals surface area (Å²) in [6, 6.07) is 7.53. The standard InChI is InChI=1S/C20H9F3N4O5/c21-20(22,23)19(30)26-11-4-2-1-3-9(11)10-5-7-24-15-13(10)17(28)14-12(27(31)32)6-8-25-16(14)18(15)29/h1-8H,(H,26,30). The normalized spacial score (nSPS) is 12.7. The number of nitrogens with zero attached hydrogens (tertiary/aromatic N) is 3. The maximum absolute atomic E-state index is 13.3. The van der Waals surface area contributed by atoms with Gasteiger partial charge in [0.15, 0.2) is 0 Å². The number of carbonyl (C=O) groups is 3. The molecule has 0 fully saturated rings. The van der Waals surface area contributed by atoms with Crippen LogP contribution in [0.25, 0.3) is 11.1 Å². The molecule has 0 saturated carbocycles. The van der Waals surface area contributed by atoms with Crippen molar-refractivity contribution in [2.45, 2.75) is 6.18 Å². The average Bonchev–Trinajstić information content (AvgIpc) is 2.76. The Labute approximate surface area is 176 Å². The summed E-state index contributed by atoms with van der Waals surface area (Å²) in [7, 11) is 0. The van der Waals surface area contributed by atoms with Gasteiger partial charge in [0.25, 0.3) is 5.69 Å².